The maximum atomic E-state index is 14.5. The number of ether oxygens (including phenoxy) is 2. The fourth-order valence-corrected chi connectivity index (χ4v) is 19.4. The van der Waals surface area contributed by atoms with E-state index >= 15 is 0 Å². The molecule has 3 aliphatic heterocycles. The van der Waals surface area contributed by atoms with Crippen molar-refractivity contribution in [3.8, 4) is 0 Å². The van der Waals surface area contributed by atoms with Crippen LogP contribution in [0.15, 0.2) is 42.7 Å². The molecular formula is C55H81N7O13. The lowest BCUT2D eigenvalue weighted by atomic mass is 9.28. The van der Waals surface area contributed by atoms with Crippen LogP contribution in [0.3, 0.4) is 0 Å². The number of aliphatic carboxylic acids is 1. The predicted molar refractivity (Wildman–Crippen MR) is 269 cm³/mol. The molecule has 75 heavy (non-hydrogen) atoms. The lowest BCUT2D eigenvalue weighted by Gasteiger charge is -2.76. The number of amides is 1. The van der Waals surface area contributed by atoms with Gasteiger partial charge in [-0.1, -0.05) is 58.4 Å². The van der Waals surface area contributed by atoms with Crippen molar-refractivity contribution in [2.24, 2.45) is 91.5 Å². The molecule has 2 saturated heterocycles. The summed E-state index contributed by atoms with van der Waals surface area (Å²) in [6, 6.07) is -0.695. The molecule has 20 nitrogen and oxygen atoms in total. The second-order valence-electron chi connectivity index (χ2n) is 26.0. The van der Waals surface area contributed by atoms with E-state index in [1.54, 1.807) is 18.9 Å². The Labute approximate surface area is 437 Å². The number of aromatic amines is 2. The number of nitrogens with two attached hydrogens (primary N) is 1. The van der Waals surface area contributed by atoms with E-state index in [2.05, 4.69) is 70.4 Å². The number of carbonyl (C=O) groups excluding carboxylic acids is 1. The molecule has 0 bridgehead atoms. The predicted octanol–water partition coefficient (Wildman–Crippen LogP) is 1.31. The molecular weight excluding hydrogens is 967 g/mol. The van der Waals surface area contributed by atoms with Crippen molar-refractivity contribution in [2.75, 3.05) is 38.3 Å². The first-order valence-electron chi connectivity index (χ1n) is 27.5. The molecule has 4 saturated carbocycles. The molecule has 24 atom stereocenters. The van der Waals surface area contributed by atoms with Crippen molar-refractivity contribution in [3.63, 3.8) is 0 Å². The van der Waals surface area contributed by atoms with Crippen molar-refractivity contribution in [2.45, 2.75) is 147 Å². The third kappa shape index (κ3) is 7.18. The van der Waals surface area contributed by atoms with Crippen LogP contribution in [0.4, 0.5) is 5.82 Å². The average Bonchev–Trinajstić information content (AvgIpc) is 4.14. The van der Waals surface area contributed by atoms with Crippen molar-refractivity contribution in [1.82, 2.24) is 25.3 Å². The summed E-state index contributed by atoms with van der Waals surface area (Å²) in [6.07, 6.45) is 5.32. The van der Waals surface area contributed by atoms with Gasteiger partial charge in [-0.3, -0.25) is 9.59 Å². The minimum Gasteiger partial charge on any atom is -0.481 e. The maximum Gasteiger partial charge on any atom is 0.310 e. The topological polar surface area (TPSA) is 342 Å². The number of fused-ring (bicyclic) bond motifs is 12. The van der Waals surface area contributed by atoms with Crippen LogP contribution in [-0.2, 0) is 30.9 Å². The quantitative estimate of drug-likeness (QED) is 0.0857. The number of hydrogen-bond donors (Lipinski definition) is 14. The molecule has 0 radical (unpaired) electrons. The minimum absolute atomic E-state index is 0.0770. The van der Waals surface area contributed by atoms with Crippen LogP contribution in [-0.4, -0.2) is 160 Å². The average molecular weight is 1050 g/mol. The summed E-state index contributed by atoms with van der Waals surface area (Å²) >= 11 is 0. The summed E-state index contributed by atoms with van der Waals surface area (Å²) < 4.78 is 12.7. The van der Waals surface area contributed by atoms with E-state index in [1.807, 2.05) is 13.0 Å². The Balaban J connectivity index is 1.13. The van der Waals surface area contributed by atoms with Crippen LogP contribution in [0.25, 0.3) is 0 Å². The van der Waals surface area contributed by atoms with Gasteiger partial charge in [-0.05, 0) is 121 Å². The minimum atomic E-state index is -1.71. The van der Waals surface area contributed by atoms with Gasteiger partial charge in [0.05, 0.1) is 67.1 Å². The summed E-state index contributed by atoms with van der Waals surface area (Å²) in [5.74, 6) is -5.24. The zero-order chi connectivity index (χ0) is 53.6. The number of H-pyrrole nitrogens is 2. The van der Waals surface area contributed by atoms with Gasteiger partial charge in [-0.15, -0.1) is 0 Å². The molecule has 1 amide bonds. The molecule has 20 heteroatoms. The third-order valence-electron chi connectivity index (χ3n) is 23.2. The SMILES string of the molecule is C[C@]1(CO)CC[C@@]2(C(=O)O)[C@@H](C1)C1=CC[C@@H]3[C@@]4(C)[C@H]([C@@H]5C=C[C@](CC[C@@H](N)O)(c6cnc[nH]6)[C@@H]6NC(=O)[C@@H](CO)[C@H]56)[C@@H](O)[C@@H](O[C@@H]5OC[C@@H](O)[C@H](O)[C@H]5O)[C@@](C)(CO)[C@H]4CC[C@@]3(C)[C@]1(C)[C@H]1Cc3[nH]cnc3NC[C@@H]12. The number of hydrogen-bond acceptors (Lipinski definition) is 16. The van der Waals surface area contributed by atoms with Crippen LogP contribution in [0, 0.1) is 85.8 Å². The number of aromatic nitrogens is 4. The van der Waals surface area contributed by atoms with Crippen LogP contribution in [0.2, 0.25) is 0 Å². The zero-order valence-electron chi connectivity index (χ0n) is 43.8. The summed E-state index contributed by atoms with van der Waals surface area (Å²) in [4.78, 5) is 44.6. The smallest absolute Gasteiger partial charge is 0.310 e. The van der Waals surface area contributed by atoms with Gasteiger partial charge in [0.15, 0.2) is 6.29 Å². The summed E-state index contributed by atoms with van der Waals surface area (Å²) in [5, 5.41) is 110. The van der Waals surface area contributed by atoms with Crippen molar-refractivity contribution >= 4 is 17.7 Å². The number of carbonyl (C=O) groups is 2. The van der Waals surface area contributed by atoms with E-state index in [1.165, 1.54) is 0 Å². The van der Waals surface area contributed by atoms with Crippen LogP contribution in [0.5, 0.6) is 0 Å². The normalized spacial score (nSPS) is 50.2. The molecule has 414 valence electrons. The van der Waals surface area contributed by atoms with Gasteiger partial charge in [0.2, 0.25) is 5.91 Å². The number of imidazole rings is 2. The van der Waals surface area contributed by atoms with Crippen LogP contribution >= 0.6 is 0 Å². The van der Waals surface area contributed by atoms with E-state index in [0.717, 1.165) is 11.3 Å². The lowest BCUT2D eigenvalue weighted by molar-refractivity contribution is -0.344. The monoisotopic (exact) mass is 1050 g/mol. The number of nitrogens with one attached hydrogen (secondary N) is 4. The fraction of sp³-hybridized carbons (Fsp3) is 0.782. The standard InChI is InChI=1S/C55H81N7O13/c1-49(22-64)14-15-55(48(72)73)30(17-49)28-6-7-35-51(3,53(28,5)29-16-32-45(61-25-59-32)58-18-31(29)55)11-9-34-50(2,23-65)44(75-47-42(70)40(68)33(66)21-74-47)41(69)39(52(34,35)4)26-8-12-54(13-10-37(56)67,36-19-57-24-60-36)43-38(26)27(20-63)46(71)62-43/h6,8,12,19,24-27,29-31,33-35,37-44,47,58,63-70H,7,9-11,13-18,20-23,56H2,1-5H3,(H,57,60)(H,59,61)(H,62,71)(H,72,73)/t26-,27+,29+,30+,31+,33-,34-,35+,37+,38+,39-,40+,41-,42-,43-,44-,47+,49+,50+,51-,52+,53+,54+,55-/m1/s1. The second-order valence-corrected chi connectivity index (χ2v) is 26.0. The van der Waals surface area contributed by atoms with Crippen molar-refractivity contribution in [3.05, 3.63) is 54.0 Å². The van der Waals surface area contributed by atoms with Gasteiger partial charge >= 0.3 is 5.97 Å². The number of nitrogens with zero attached hydrogens (tertiary/aromatic N) is 2. The van der Waals surface area contributed by atoms with Gasteiger partial charge in [-0.25, -0.2) is 9.97 Å². The summed E-state index contributed by atoms with van der Waals surface area (Å²) in [5.41, 5.74) is 2.59. The highest BCUT2D eigenvalue weighted by molar-refractivity contribution is 5.83. The molecule has 15 N–H and O–H groups in total. The third-order valence-corrected chi connectivity index (χ3v) is 23.2. The Hall–Kier alpha value is -3.80. The van der Waals surface area contributed by atoms with Gasteiger partial charge < -0.3 is 81.8 Å². The number of aliphatic hydroxyl groups is 8. The lowest BCUT2D eigenvalue weighted by Crippen LogP contribution is -2.75. The number of rotatable bonds is 11. The van der Waals surface area contributed by atoms with Crippen molar-refractivity contribution < 1.29 is 65.0 Å². The van der Waals surface area contributed by atoms with Crippen LogP contribution in [0.1, 0.15) is 97.4 Å². The molecule has 2 aromatic rings. The van der Waals surface area contributed by atoms with Gasteiger partial charge in [0.25, 0.3) is 0 Å². The first kappa shape index (κ1) is 53.2. The Morgan fingerprint density at radius 2 is 1.75 bits per heavy atom. The Morgan fingerprint density at radius 1 is 0.973 bits per heavy atom. The molecule has 9 aliphatic rings. The first-order valence-corrected chi connectivity index (χ1v) is 27.5. The molecule has 0 spiro atoms. The number of allylic oxidation sites excluding steroid dienone is 3. The fourth-order valence-electron chi connectivity index (χ4n) is 19.4. The highest BCUT2D eigenvalue weighted by atomic mass is 16.7. The van der Waals surface area contributed by atoms with Gasteiger partial charge in [-0.2, -0.15) is 0 Å². The second kappa shape index (κ2) is 18.4. The number of anilines is 1. The Morgan fingerprint density at radius 3 is 2.43 bits per heavy atom. The molecule has 2 aromatic heterocycles. The summed E-state index contributed by atoms with van der Waals surface area (Å²) in [7, 11) is 0. The van der Waals surface area contributed by atoms with E-state index in [0.29, 0.717) is 69.4 Å². The van der Waals surface area contributed by atoms with Gasteiger partial charge in [0.1, 0.15) is 30.4 Å². The van der Waals surface area contributed by atoms with Gasteiger partial charge in [0, 0.05) is 42.4 Å². The van der Waals surface area contributed by atoms with Crippen molar-refractivity contribution in [1.29, 1.82) is 0 Å². The largest absolute Gasteiger partial charge is 0.481 e. The zero-order valence-corrected chi connectivity index (χ0v) is 43.8. The number of carboxylic acid groups (broad SMARTS) is 1. The summed E-state index contributed by atoms with van der Waals surface area (Å²) in [6.45, 7) is 9.89. The molecule has 6 fully saturated rings. The maximum absolute atomic E-state index is 14.5. The van der Waals surface area contributed by atoms with E-state index in [-0.39, 0.29) is 43.3 Å². The van der Waals surface area contributed by atoms with Crippen LogP contribution < -0.4 is 16.4 Å². The van der Waals surface area contributed by atoms with E-state index in [9.17, 15) is 55.5 Å². The Kier molecular flexibility index (Phi) is 13.0. The Bertz CT molecular complexity index is 2560. The molecule has 6 aliphatic carbocycles. The molecule has 0 aromatic carbocycles. The number of carboxylic acids is 1. The molecule has 0 unspecified atom stereocenters. The highest BCUT2D eigenvalue weighted by Gasteiger charge is 2.78. The van der Waals surface area contributed by atoms with E-state index < -0.39 is 142 Å². The highest BCUT2D eigenvalue weighted by Crippen LogP contribution is 2.80. The first-order chi connectivity index (χ1) is 35.6. The molecule has 5 heterocycles. The number of aliphatic hydroxyl groups excluding tert-OH is 8. The van der Waals surface area contributed by atoms with E-state index in [4.69, 9.17) is 15.2 Å². The molecule has 11 rings (SSSR count).